The van der Waals surface area contributed by atoms with E-state index in [4.69, 9.17) is 18.9 Å². The van der Waals surface area contributed by atoms with Gasteiger partial charge in [-0.25, -0.2) is 0 Å². The van der Waals surface area contributed by atoms with Crippen molar-refractivity contribution in [3.05, 3.63) is 22.8 Å². The quantitative estimate of drug-likeness (QED) is 0.199. The standard InChI is InChI=1S/C37H47NO11/c1-14-10-38-11-16-3-5-35-9-19(17-4-6-36(28(17)35)29(44)18(14)8-22(38)34(16,36)2)30-37(35)24-20(47-33(37)45)7-15(12-39)23(24)31(48-30)49-32-27(43)26(42)25(41)21(13-40)46-32/h7,14,16,18-27,30-32,39-43H,3-6,8-13H2,1-2H3. The molecule has 19 atom stereocenters. The monoisotopic (exact) mass is 681 g/mol. The third kappa shape index (κ3) is 3.02. The van der Waals surface area contributed by atoms with E-state index in [-0.39, 0.29) is 29.8 Å². The summed E-state index contributed by atoms with van der Waals surface area (Å²) < 4.78 is 25.5. The molecule has 11 aliphatic rings. The van der Waals surface area contributed by atoms with Gasteiger partial charge in [-0.1, -0.05) is 19.4 Å². The fourth-order valence-corrected chi connectivity index (χ4v) is 15.3. The number of aliphatic hydroxyl groups is 5. The number of ether oxygens (including phenoxy) is 4. The number of nitrogens with zero attached hydrogens (tertiary/aromatic N) is 1. The summed E-state index contributed by atoms with van der Waals surface area (Å²) in [4.78, 5) is 32.9. The highest BCUT2D eigenvalue weighted by Gasteiger charge is 2.88. The van der Waals surface area contributed by atoms with E-state index in [1.54, 1.807) is 0 Å². The summed E-state index contributed by atoms with van der Waals surface area (Å²) in [5, 5.41) is 52.4. The second-order valence-electron chi connectivity index (χ2n) is 17.8. The summed E-state index contributed by atoms with van der Waals surface area (Å²) in [7, 11) is 0. The lowest BCUT2D eigenvalue weighted by atomic mass is 9.41. The van der Waals surface area contributed by atoms with E-state index in [1.807, 2.05) is 6.08 Å². The smallest absolute Gasteiger partial charge is 0.316 e. The van der Waals surface area contributed by atoms with Crippen LogP contribution in [-0.2, 0) is 28.5 Å². The van der Waals surface area contributed by atoms with Crippen molar-refractivity contribution < 1.29 is 54.1 Å². The molecule has 3 spiro atoms. The molecule has 11 rings (SSSR count). The molecule has 5 heterocycles. The number of allylic oxidation sites excluding steroid dienone is 1. The highest BCUT2D eigenvalue weighted by atomic mass is 16.8. The molecule has 12 heteroatoms. The molecule has 19 unspecified atom stereocenters. The zero-order chi connectivity index (χ0) is 33.7. The van der Waals surface area contributed by atoms with Gasteiger partial charge in [-0.2, -0.15) is 0 Å². The Balaban J connectivity index is 1.07. The van der Waals surface area contributed by atoms with Gasteiger partial charge < -0.3 is 44.5 Å². The first-order valence-electron chi connectivity index (χ1n) is 18.7. The average Bonchev–Trinajstić information content (AvgIpc) is 3.89. The van der Waals surface area contributed by atoms with Gasteiger partial charge in [-0.3, -0.25) is 14.5 Å². The Hall–Kier alpha value is -1.74. The lowest BCUT2D eigenvalue weighted by Crippen LogP contribution is -2.68. The molecular weight excluding hydrogens is 634 g/mol. The molecule has 0 aromatic carbocycles. The molecule has 8 fully saturated rings. The number of fused-ring (bicyclic) bond motifs is 4. The number of rotatable bonds is 4. The van der Waals surface area contributed by atoms with Gasteiger partial charge >= 0.3 is 5.97 Å². The molecule has 5 N–H and O–H groups in total. The van der Waals surface area contributed by atoms with E-state index in [0.717, 1.165) is 51.6 Å². The minimum Gasteiger partial charge on any atom is -0.457 e. The molecule has 12 nitrogen and oxygen atoms in total. The molecule has 6 aliphatic carbocycles. The Kier molecular flexibility index (Phi) is 5.93. The molecule has 0 radical (unpaired) electrons. The first-order chi connectivity index (χ1) is 23.5. The maximum absolute atomic E-state index is 15.3. The second-order valence-corrected chi connectivity index (χ2v) is 17.8. The van der Waals surface area contributed by atoms with E-state index in [9.17, 15) is 30.3 Å². The number of carbonyl (C=O) groups is 2. The molecule has 49 heavy (non-hydrogen) atoms. The molecular formula is C37H47NO11. The minimum atomic E-state index is -1.63. The molecule has 0 amide bonds. The van der Waals surface area contributed by atoms with Gasteiger partial charge in [0.05, 0.1) is 24.7 Å². The first-order valence-corrected chi connectivity index (χ1v) is 18.7. The Morgan fingerprint density at radius 3 is 2.61 bits per heavy atom. The molecule has 0 aromatic rings. The summed E-state index contributed by atoms with van der Waals surface area (Å²) in [6, 6.07) is 0.356. The van der Waals surface area contributed by atoms with Gasteiger partial charge in [-0.05, 0) is 67.6 Å². The second kappa shape index (κ2) is 9.43. The SMILES string of the molecule is CC1CN2CC3CCC45CC(C6=C4C4(CC6)C(=O)C1CC2C34C)C1OC(OC2OC(CO)C(O)C(O)C2O)C2C(CO)=CC3OC(=O)C15C32. The van der Waals surface area contributed by atoms with Gasteiger partial charge in [-0.15, -0.1) is 0 Å². The molecule has 5 aliphatic heterocycles. The summed E-state index contributed by atoms with van der Waals surface area (Å²) in [6.07, 6.45) is -2.85. The van der Waals surface area contributed by atoms with E-state index in [2.05, 4.69) is 18.7 Å². The van der Waals surface area contributed by atoms with Crippen molar-refractivity contribution in [2.75, 3.05) is 26.3 Å². The summed E-state index contributed by atoms with van der Waals surface area (Å²) in [5.41, 5.74) is 0.692. The number of aliphatic hydroxyl groups excluding tert-OH is 5. The highest BCUT2D eigenvalue weighted by molar-refractivity contribution is 5.96. The third-order valence-electron chi connectivity index (χ3n) is 16.9. The maximum atomic E-state index is 15.3. The predicted molar refractivity (Wildman–Crippen MR) is 166 cm³/mol. The first kappa shape index (κ1) is 30.8. The molecule has 0 aromatic heterocycles. The maximum Gasteiger partial charge on any atom is 0.316 e. The van der Waals surface area contributed by atoms with Crippen molar-refractivity contribution in [1.82, 2.24) is 4.90 Å². The molecule has 5 saturated heterocycles. The van der Waals surface area contributed by atoms with Crippen molar-refractivity contribution in [3.63, 3.8) is 0 Å². The molecule has 4 bridgehead atoms. The largest absolute Gasteiger partial charge is 0.457 e. The number of hydrogen-bond acceptors (Lipinski definition) is 12. The Labute approximate surface area is 284 Å². The van der Waals surface area contributed by atoms with Gasteiger partial charge in [0, 0.05) is 53.6 Å². The zero-order valence-corrected chi connectivity index (χ0v) is 27.9. The van der Waals surface area contributed by atoms with E-state index >= 15 is 4.79 Å². The number of esters is 1. The van der Waals surface area contributed by atoms with Crippen LogP contribution in [0.15, 0.2) is 22.8 Å². The number of carbonyl (C=O) groups excluding carboxylic acids is 2. The van der Waals surface area contributed by atoms with Crippen LogP contribution in [0.3, 0.4) is 0 Å². The van der Waals surface area contributed by atoms with Crippen molar-refractivity contribution >= 4 is 11.8 Å². The summed E-state index contributed by atoms with van der Waals surface area (Å²) in [6.45, 7) is 5.74. The summed E-state index contributed by atoms with van der Waals surface area (Å²) in [5.74, 6) is -0.345. The van der Waals surface area contributed by atoms with Crippen LogP contribution < -0.4 is 0 Å². The highest BCUT2D eigenvalue weighted by Crippen LogP contribution is 2.86. The van der Waals surface area contributed by atoms with Crippen LogP contribution in [0.2, 0.25) is 0 Å². The number of piperidine rings is 1. The van der Waals surface area contributed by atoms with Gasteiger partial charge in [0.25, 0.3) is 0 Å². The van der Waals surface area contributed by atoms with Crippen molar-refractivity contribution in [2.45, 2.75) is 108 Å². The average molecular weight is 682 g/mol. The fraction of sp³-hybridized carbons (Fsp3) is 0.838. The predicted octanol–water partition coefficient (Wildman–Crippen LogP) is 0.0402. The Morgan fingerprint density at radius 2 is 1.84 bits per heavy atom. The van der Waals surface area contributed by atoms with E-state index in [0.29, 0.717) is 29.2 Å². The number of Topliss-reactive ketones (excluding diaryl/α,β-unsaturated/α-hetero) is 1. The lowest BCUT2D eigenvalue weighted by molar-refractivity contribution is -0.366. The van der Waals surface area contributed by atoms with E-state index < -0.39 is 83.9 Å². The topological polar surface area (TPSA) is 175 Å². The van der Waals surface area contributed by atoms with Crippen LogP contribution in [0.25, 0.3) is 0 Å². The Bertz CT molecular complexity index is 1630. The van der Waals surface area contributed by atoms with Gasteiger partial charge in [0.1, 0.15) is 41.7 Å². The van der Waals surface area contributed by atoms with Gasteiger partial charge in [0.2, 0.25) is 0 Å². The van der Waals surface area contributed by atoms with Gasteiger partial charge in [0.15, 0.2) is 12.6 Å². The molecule has 266 valence electrons. The van der Waals surface area contributed by atoms with Crippen LogP contribution in [0, 0.1) is 57.2 Å². The number of ketones is 1. The van der Waals surface area contributed by atoms with Crippen molar-refractivity contribution in [1.29, 1.82) is 0 Å². The van der Waals surface area contributed by atoms with E-state index in [1.165, 1.54) is 11.1 Å². The minimum absolute atomic E-state index is 0.0200. The van der Waals surface area contributed by atoms with Crippen LogP contribution in [0.4, 0.5) is 0 Å². The lowest BCUT2D eigenvalue weighted by Gasteiger charge is -2.62. The molecule has 3 saturated carbocycles. The van der Waals surface area contributed by atoms with Crippen LogP contribution >= 0.6 is 0 Å². The summed E-state index contributed by atoms with van der Waals surface area (Å²) >= 11 is 0. The van der Waals surface area contributed by atoms with Crippen LogP contribution in [0.5, 0.6) is 0 Å². The van der Waals surface area contributed by atoms with Crippen LogP contribution in [-0.4, -0.2) is 124 Å². The Morgan fingerprint density at radius 1 is 1.02 bits per heavy atom. The zero-order valence-electron chi connectivity index (χ0n) is 27.9. The normalized spacial score (nSPS) is 60.3. The van der Waals surface area contributed by atoms with Crippen LogP contribution in [0.1, 0.15) is 52.4 Å². The number of hydrogen-bond donors (Lipinski definition) is 5. The fourth-order valence-electron chi connectivity index (χ4n) is 15.3. The third-order valence-corrected chi connectivity index (χ3v) is 16.9. The van der Waals surface area contributed by atoms with Crippen molar-refractivity contribution in [3.8, 4) is 0 Å². The van der Waals surface area contributed by atoms with Crippen molar-refractivity contribution in [2.24, 2.45) is 57.2 Å².